The lowest BCUT2D eigenvalue weighted by molar-refractivity contribution is -0.121. The van der Waals surface area contributed by atoms with Crippen molar-refractivity contribution in [3.05, 3.63) is 108 Å². The predicted molar refractivity (Wildman–Crippen MR) is 146 cm³/mol. The zero-order valence-electron chi connectivity index (χ0n) is 19.9. The van der Waals surface area contributed by atoms with E-state index in [1.165, 1.54) is 0 Å². The average Bonchev–Trinajstić information content (AvgIpc) is 2.91. The van der Waals surface area contributed by atoms with E-state index in [4.69, 9.17) is 17.0 Å². The van der Waals surface area contributed by atoms with Gasteiger partial charge in [0.2, 0.25) is 0 Å². The smallest absolute Gasteiger partial charge is 0.269 e. The van der Waals surface area contributed by atoms with Gasteiger partial charge in [0.1, 0.15) is 5.75 Å². The summed E-state index contributed by atoms with van der Waals surface area (Å²) < 4.78 is 5.63. The first-order chi connectivity index (χ1) is 17.9. The lowest BCUT2D eigenvalue weighted by atomic mass is 10.1. The molecule has 37 heavy (non-hydrogen) atoms. The normalized spacial score (nSPS) is 10.3. The number of carbonyl (C=O) groups is 3. The van der Waals surface area contributed by atoms with Gasteiger partial charge in [0, 0.05) is 22.2 Å². The molecule has 186 valence electrons. The molecule has 0 aromatic heterocycles. The van der Waals surface area contributed by atoms with Crippen LogP contribution in [0.3, 0.4) is 0 Å². The van der Waals surface area contributed by atoms with Crippen LogP contribution in [0, 0.1) is 6.92 Å². The predicted octanol–water partition coefficient (Wildman–Crippen LogP) is 4.12. The van der Waals surface area contributed by atoms with Crippen molar-refractivity contribution in [1.29, 1.82) is 0 Å². The zero-order chi connectivity index (χ0) is 26.2. The summed E-state index contributed by atoms with van der Waals surface area (Å²) in [5.74, 6) is -0.602. The molecule has 0 bridgehead atoms. The van der Waals surface area contributed by atoms with Crippen LogP contribution >= 0.6 is 12.2 Å². The Morgan fingerprint density at radius 1 is 0.784 bits per heavy atom. The lowest BCUT2D eigenvalue weighted by Crippen LogP contribution is -2.49. The van der Waals surface area contributed by atoms with Crippen molar-refractivity contribution in [1.82, 2.24) is 16.2 Å². The zero-order valence-corrected chi connectivity index (χ0v) is 20.7. The number of rotatable bonds is 6. The number of thiocarbonyl (C=S) groups is 1. The van der Waals surface area contributed by atoms with Gasteiger partial charge in [-0.1, -0.05) is 54.6 Å². The van der Waals surface area contributed by atoms with E-state index >= 15 is 0 Å². The molecule has 3 amide bonds. The van der Waals surface area contributed by atoms with Crippen LogP contribution in [0.25, 0.3) is 10.8 Å². The molecule has 0 unspecified atom stereocenters. The summed E-state index contributed by atoms with van der Waals surface area (Å²) in [5.41, 5.74) is 7.23. The third kappa shape index (κ3) is 6.68. The molecule has 0 fully saturated rings. The fraction of sp³-hybridized carbons (Fsp3) is 0.0714. The van der Waals surface area contributed by atoms with Gasteiger partial charge in [-0.05, 0) is 66.5 Å². The molecule has 0 aliphatic heterocycles. The Labute approximate surface area is 219 Å². The summed E-state index contributed by atoms with van der Waals surface area (Å²) in [6.07, 6.45) is 0. The molecule has 0 heterocycles. The number of benzene rings is 4. The van der Waals surface area contributed by atoms with Crippen molar-refractivity contribution in [3.8, 4) is 5.75 Å². The van der Waals surface area contributed by atoms with Crippen molar-refractivity contribution in [2.24, 2.45) is 0 Å². The Morgan fingerprint density at radius 2 is 1.49 bits per heavy atom. The van der Waals surface area contributed by atoms with Crippen LogP contribution in [0.1, 0.15) is 26.3 Å². The van der Waals surface area contributed by atoms with Gasteiger partial charge < -0.3 is 10.1 Å². The quantitative estimate of drug-likeness (QED) is 0.229. The van der Waals surface area contributed by atoms with Crippen LogP contribution in [0.4, 0.5) is 5.69 Å². The van der Waals surface area contributed by atoms with Gasteiger partial charge in [0.05, 0.1) is 0 Å². The Morgan fingerprint density at radius 3 is 2.27 bits per heavy atom. The molecule has 4 N–H and O–H groups in total. The van der Waals surface area contributed by atoms with Crippen molar-refractivity contribution >= 4 is 51.5 Å². The topological polar surface area (TPSA) is 109 Å². The molecule has 8 nitrogen and oxygen atoms in total. The molecule has 4 aromatic rings. The second-order valence-electron chi connectivity index (χ2n) is 8.07. The van der Waals surface area contributed by atoms with Gasteiger partial charge in [-0.25, -0.2) is 0 Å². The standard InChI is InChI=1S/C28H24N4O4S/c1-18-7-2-4-10-22(18)27(35)29-21-15-13-20(14-16-21)26(34)31-32-28(37)30-25(33)17-36-24-12-6-9-19-8-3-5-11-23(19)24/h2-16H,17H2,1H3,(H,29,35)(H,31,34)(H2,30,32,33,37). The van der Waals surface area contributed by atoms with E-state index in [-0.39, 0.29) is 17.6 Å². The lowest BCUT2D eigenvalue weighted by Gasteiger charge is -2.12. The van der Waals surface area contributed by atoms with E-state index in [2.05, 4.69) is 21.5 Å². The van der Waals surface area contributed by atoms with E-state index in [1.807, 2.05) is 55.5 Å². The maximum Gasteiger partial charge on any atom is 0.269 e. The van der Waals surface area contributed by atoms with Gasteiger partial charge in [-0.3, -0.25) is 30.6 Å². The second-order valence-corrected chi connectivity index (χ2v) is 8.48. The van der Waals surface area contributed by atoms with Crippen LogP contribution in [-0.2, 0) is 4.79 Å². The van der Waals surface area contributed by atoms with Crippen LogP contribution in [0.5, 0.6) is 5.75 Å². The van der Waals surface area contributed by atoms with Crippen molar-refractivity contribution in [2.75, 3.05) is 11.9 Å². The van der Waals surface area contributed by atoms with Crippen molar-refractivity contribution < 1.29 is 19.1 Å². The molecular weight excluding hydrogens is 488 g/mol. The van der Waals surface area contributed by atoms with Crippen LogP contribution in [-0.4, -0.2) is 29.4 Å². The molecule has 0 aliphatic rings. The van der Waals surface area contributed by atoms with E-state index in [0.29, 0.717) is 22.6 Å². The number of hydrogen-bond acceptors (Lipinski definition) is 5. The first kappa shape index (κ1) is 25.3. The van der Waals surface area contributed by atoms with Crippen LogP contribution in [0.2, 0.25) is 0 Å². The number of aryl methyl sites for hydroxylation is 1. The van der Waals surface area contributed by atoms with E-state index < -0.39 is 11.8 Å². The number of nitrogens with one attached hydrogen (secondary N) is 4. The van der Waals surface area contributed by atoms with Gasteiger partial charge in [-0.2, -0.15) is 0 Å². The molecule has 0 saturated carbocycles. The van der Waals surface area contributed by atoms with Crippen LogP contribution < -0.4 is 26.2 Å². The summed E-state index contributed by atoms with van der Waals surface area (Å²) in [6, 6.07) is 26.9. The maximum absolute atomic E-state index is 12.4. The minimum absolute atomic E-state index is 0.0815. The first-order valence-corrected chi connectivity index (χ1v) is 11.8. The first-order valence-electron chi connectivity index (χ1n) is 11.4. The number of carbonyl (C=O) groups excluding carboxylic acids is 3. The van der Waals surface area contributed by atoms with Crippen LogP contribution in [0.15, 0.2) is 91.0 Å². The van der Waals surface area contributed by atoms with Gasteiger partial charge >= 0.3 is 0 Å². The highest BCUT2D eigenvalue weighted by Gasteiger charge is 2.11. The highest BCUT2D eigenvalue weighted by Crippen LogP contribution is 2.24. The summed E-state index contributed by atoms with van der Waals surface area (Å²) in [7, 11) is 0. The fourth-order valence-electron chi connectivity index (χ4n) is 3.58. The van der Waals surface area contributed by atoms with Crippen molar-refractivity contribution in [3.63, 3.8) is 0 Å². The molecular formula is C28H24N4O4S. The third-order valence-corrected chi connectivity index (χ3v) is 5.65. The second kappa shape index (κ2) is 11.8. The monoisotopic (exact) mass is 512 g/mol. The van der Waals surface area contributed by atoms with Gasteiger partial charge in [-0.15, -0.1) is 0 Å². The number of hydrazine groups is 1. The minimum atomic E-state index is -0.478. The molecule has 4 rings (SSSR count). The van der Waals surface area contributed by atoms with Gasteiger partial charge in [0.25, 0.3) is 17.7 Å². The van der Waals surface area contributed by atoms with Crippen molar-refractivity contribution in [2.45, 2.75) is 6.92 Å². The van der Waals surface area contributed by atoms with E-state index in [1.54, 1.807) is 42.5 Å². The molecule has 9 heteroatoms. The van der Waals surface area contributed by atoms with Gasteiger partial charge in [0.15, 0.2) is 11.7 Å². The Kier molecular flexibility index (Phi) is 8.07. The molecule has 0 atom stereocenters. The van der Waals surface area contributed by atoms with E-state index in [9.17, 15) is 14.4 Å². The Bertz CT molecular complexity index is 1470. The SMILES string of the molecule is Cc1ccccc1C(=O)Nc1ccc(C(=O)NNC(=S)NC(=O)COc2cccc3ccccc23)cc1. The number of ether oxygens (including phenoxy) is 1. The number of hydrogen-bond donors (Lipinski definition) is 4. The summed E-state index contributed by atoms with van der Waals surface area (Å²) >= 11 is 5.07. The summed E-state index contributed by atoms with van der Waals surface area (Å²) in [4.78, 5) is 37.1. The highest BCUT2D eigenvalue weighted by atomic mass is 32.1. The largest absolute Gasteiger partial charge is 0.483 e. The molecule has 0 spiro atoms. The fourth-order valence-corrected chi connectivity index (χ4v) is 3.74. The Hall–Kier alpha value is -4.76. The minimum Gasteiger partial charge on any atom is -0.483 e. The molecule has 4 aromatic carbocycles. The summed E-state index contributed by atoms with van der Waals surface area (Å²) in [6.45, 7) is 1.61. The third-order valence-electron chi connectivity index (χ3n) is 5.45. The average molecular weight is 513 g/mol. The number of amides is 3. The van der Waals surface area contributed by atoms with E-state index in [0.717, 1.165) is 16.3 Å². The highest BCUT2D eigenvalue weighted by molar-refractivity contribution is 7.80. The summed E-state index contributed by atoms with van der Waals surface area (Å²) in [5, 5.41) is 7.07. The molecule has 0 radical (unpaired) electrons. The molecule has 0 saturated heterocycles. The number of anilines is 1. The maximum atomic E-state index is 12.4. The number of fused-ring (bicyclic) bond motifs is 1. The molecule has 0 aliphatic carbocycles. The Balaban J connectivity index is 1.23.